The van der Waals surface area contributed by atoms with Gasteiger partial charge in [0.05, 0.1) is 4.90 Å². The molecular weight excluding hydrogens is 262 g/mol. The van der Waals surface area contributed by atoms with Crippen LogP contribution in [0.5, 0.6) is 11.5 Å². The molecule has 4 nitrogen and oxygen atoms in total. The van der Waals surface area contributed by atoms with Gasteiger partial charge in [-0.2, -0.15) is 0 Å². The van der Waals surface area contributed by atoms with Crippen molar-refractivity contribution in [3.05, 3.63) is 53.6 Å². The summed E-state index contributed by atoms with van der Waals surface area (Å²) >= 11 is 0. The molecule has 0 saturated heterocycles. The van der Waals surface area contributed by atoms with Gasteiger partial charge in [0.15, 0.2) is 0 Å². The summed E-state index contributed by atoms with van der Waals surface area (Å²) in [5.41, 5.74) is 2.19. The summed E-state index contributed by atoms with van der Waals surface area (Å²) in [7, 11) is -3.66. The zero-order valence-corrected chi connectivity index (χ0v) is 11.6. The molecule has 0 amide bonds. The van der Waals surface area contributed by atoms with E-state index in [0.717, 1.165) is 16.9 Å². The van der Waals surface area contributed by atoms with Crippen LogP contribution in [0.15, 0.2) is 47.4 Å². The van der Waals surface area contributed by atoms with Crippen molar-refractivity contribution in [3.8, 4) is 11.5 Å². The molecule has 0 saturated carbocycles. The van der Waals surface area contributed by atoms with E-state index in [1.165, 1.54) is 12.1 Å². The molecule has 0 aliphatic rings. The van der Waals surface area contributed by atoms with Crippen LogP contribution in [0.25, 0.3) is 0 Å². The second kappa shape index (κ2) is 5.03. The maximum absolute atomic E-state index is 11.1. The molecule has 2 rings (SSSR count). The SMILES string of the molecule is Cc1cccc(Oc2ccc(S(N)(=O)=O)cc2)c1C. The number of hydrogen-bond acceptors (Lipinski definition) is 3. The molecule has 19 heavy (non-hydrogen) atoms. The fourth-order valence-corrected chi connectivity index (χ4v) is 2.17. The van der Waals surface area contributed by atoms with Gasteiger partial charge in [0.1, 0.15) is 11.5 Å². The lowest BCUT2D eigenvalue weighted by molar-refractivity contribution is 0.478. The first-order valence-corrected chi connectivity index (χ1v) is 7.29. The van der Waals surface area contributed by atoms with Gasteiger partial charge < -0.3 is 4.74 Å². The topological polar surface area (TPSA) is 69.4 Å². The molecule has 0 aromatic heterocycles. The molecule has 2 N–H and O–H groups in total. The van der Waals surface area contributed by atoms with E-state index in [1.807, 2.05) is 32.0 Å². The molecule has 0 atom stereocenters. The number of aryl methyl sites for hydroxylation is 1. The Hall–Kier alpha value is -1.85. The fourth-order valence-electron chi connectivity index (χ4n) is 1.66. The molecule has 0 bridgehead atoms. The monoisotopic (exact) mass is 277 g/mol. The summed E-state index contributed by atoms with van der Waals surface area (Å²) in [4.78, 5) is 0.0702. The highest BCUT2D eigenvalue weighted by Crippen LogP contribution is 2.27. The Balaban J connectivity index is 2.27. The second-order valence-electron chi connectivity index (χ2n) is 4.32. The van der Waals surface area contributed by atoms with Crippen molar-refractivity contribution >= 4 is 10.0 Å². The van der Waals surface area contributed by atoms with Crippen molar-refractivity contribution in [2.24, 2.45) is 5.14 Å². The Kier molecular flexibility index (Phi) is 3.59. The minimum Gasteiger partial charge on any atom is -0.457 e. The predicted octanol–water partition coefficient (Wildman–Crippen LogP) is 2.74. The van der Waals surface area contributed by atoms with Gasteiger partial charge in [-0.3, -0.25) is 0 Å². The molecule has 100 valence electrons. The van der Waals surface area contributed by atoms with Crippen molar-refractivity contribution in [2.75, 3.05) is 0 Å². The van der Waals surface area contributed by atoms with Crippen molar-refractivity contribution in [1.29, 1.82) is 0 Å². The highest BCUT2D eigenvalue weighted by molar-refractivity contribution is 7.89. The maximum atomic E-state index is 11.1. The average Bonchev–Trinajstić information content (AvgIpc) is 2.35. The molecule has 2 aromatic carbocycles. The first-order valence-electron chi connectivity index (χ1n) is 5.75. The number of nitrogens with two attached hydrogens (primary N) is 1. The van der Waals surface area contributed by atoms with E-state index < -0.39 is 10.0 Å². The molecule has 0 aliphatic carbocycles. The Bertz CT molecular complexity index is 691. The van der Waals surface area contributed by atoms with E-state index in [-0.39, 0.29) is 4.90 Å². The summed E-state index contributed by atoms with van der Waals surface area (Å²) in [5, 5.41) is 5.03. The van der Waals surface area contributed by atoms with Gasteiger partial charge >= 0.3 is 0 Å². The summed E-state index contributed by atoms with van der Waals surface area (Å²) < 4.78 is 28.0. The van der Waals surface area contributed by atoms with Crippen LogP contribution in [-0.2, 0) is 10.0 Å². The number of rotatable bonds is 3. The largest absolute Gasteiger partial charge is 0.457 e. The Morgan fingerprint density at radius 2 is 1.63 bits per heavy atom. The third kappa shape index (κ3) is 3.13. The van der Waals surface area contributed by atoms with Gasteiger partial charge in [0.2, 0.25) is 10.0 Å². The minimum atomic E-state index is -3.66. The van der Waals surface area contributed by atoms with Crippen LogP contribution in [0, 0.1) is 13.8 Å². The summed E-state index contributed by atoms with van der Waals surface area (Å²) in [6.45, 7) is 3.98. The van der Waals surface area contributed by atoms with Crippen LogP contribution < -0.4 is 9.88 Å². The van der Waals surface area contributed by atoms with Crippen LogP contribution in [0.3, 0.4) is 0 Å². The van der Waals surface area contributed by atoms with E-state index in [2.05, 4.69) is 0 Å². The first-order chi connectivity index (χ1) is 8.88. The van der Waals surface area contributed by atoms with Gasteiger partial charge in [-0.05, 0) is 55.3 Å². The lowest BCUT2D eigenvalue weighted by Gasteiger charge is -2.10. The van der Waals surface area contributed by atoms with Gasteiger partial charge in [-0.1, -0.05) is 12.1 Å². The Labute approximate surface area is 112 Å². The lowest BCUT2D eigenvalue weighted by atomic mass is 10.1. The molecule has 0 heterocycles. The van der Waals surface area contributed by atoms with Crippen molar-refractivity contribution in [3.63, 3.8) is 0 Å². The van der Waals surface area contributed by atoms with E-state index in [0.29, 0.717) is 5.75 Å². The highest BCUT2D eigenvalue weighted by Gasteiger charge is 2.08. The number of benzene rings is 2. The normalized spacial score (nSPS) is 11.3. The summed E-state index contributed by atoms with van der Waals surface area (Å²) in [6, 6.07) is 11.8. The molecule has 0 fully saturated rings. The fraction of sp³-hybridized carbons (Fsp3) is 0.143. The van der Waals surface area contributed by atoms with Gasteiger partial charge in [0.25, 0.3) is 0 Å². The predicted molar refractivity (Wildman–Crippen MR) is 73.8 cm³/mol. The maximum Gasteiger partial charge on any atom is 0.238 e. The van der Waals surface area contributed by atoms with Crippen molar-refractivity contribution in [1.82, 2.24) is 0 Å². The molecule has 0 unspecified atom stereocenters. The van der Waals surface area contributed by atoms with Crippen LogP contribution in [0.1, 0.15) is 11.1 Å². The highest BCUT2D eigenvalue weighted by atomic mass is 32.2. The van der Waals surface area contributed by atoms with Crippen molar-refractivity contribution in [2.45, 2.75) is 18.7 Å². The molecule has 0 radical (unpaired) electrons. The van der Waals surface area contributed by atoms with Crippen LogP contribution in [0.2, 0.25) is 0 Å². The van der Waals surface area contributed by atoms with Gasteiger partial charge in [-0.15, -0.1) is 0 Å². The summed E-state index contributed by atoms with van der Waals surface area (Å²) in [5.74, 6) is 1.32. The van der Waals surface area contributed by atoms with Crippen molar-refractivity contribution < 1.29 is 13.2 Å². The Morgan fingerprint density at radius 3 is 2.21 bits per heavy atom. The molecular formula is C14H15NO3S. The second-order valence-corrected chi connectivity index (χ2v) is 5.88. The third-order valence-corrected chi connectivity index (χ3v) is 3.86. The minimum absolute atomic E-state index is 0.0702. The van der Waals surface area contributed by atoms with Crippen LogP contribution in [0.4, 0.5) is 0 Å². The number of sulfonamides is 1. The van der Waals surface area contributed by atoms with Crippen LogP contribution >= 0.6 is 0 Å². The van der Waals surface area contributed by atoms with E-state index in [4.69, 9.17) is 9.88 Å². The third-order valence-electron chi connectivity index (χ3n) is 2.94. The number of primary sulfonamides is 1. The molecule has 2 aromatic rings. The molecule has 0 aliphatic heterocycles. The van der Waals surface area contributed by atoms with Gasteiger partial charge in [-0.25, -0.2) is 13.6 Å². The zero-order valence-electron chi connectivity index (χ0n) is 10.8. The Morgan fingerprint density at radius 1 is 1.00 bits per heavy atom. The van der Waals surface area contributed by atoms with E-state index in [1.54, 1.807) is 12.1 Å². The first kappa shape index (κ1) is 13.6. The summed E-state index contributed by atoms with van der Waals surface area (Å²) in [6.07, 6.45) is 0. The molecule has 5 heteroatoms. The zero-order chi connectivity index (χ0) is 14.0. The van der Waals surface area contributed by atoms with E-state index in [9.17, 15) is 8.42 Å². The number of hydrogen-bond donors (Lipinski definition) is 1. The van der Waals surface area contributed by atoms with E-state index >= 15 is 0 Å². The average molecular weight is 277 g/mol. The van der Waals surface area contributed by atoms with Gasteiger partial charge in [0, 0.05) is 0 Å². The van der Waals surface area contributed by atoms with Crippen LogP contribution in [-0.4, -0.2) is 8.42 Å². The molecule has 0 spiro atoms. The quantitative estimate of drug-likeness (QED) is 0.937. The number of ether oxygens (including phenoxy) is 1. The smallest absolute Gasteiger partial charge is 0.238 e. The standard InChI is InChI=1S/C14H15NO3S/c1-10-4-3-5-14(11(10)2)18-12-6-8-13(9-7-12)19(15,16)17/h3-9H,1-2H3,(H2,15,16,17). The lowest BCUT2D eigenvalue weighted by Crippen LogP contribution is -2.11.